The van der Waals surface area contributed by atoms with Crippen LogP contribution in [0.25, 0.3) is 4.85 Å². The Balaban J connectivity index is 1.64. The van der Waals surface area contributed by atoms with Crippen molar-refractivity contribution < 1.29 is 9.22 Å². The lowest BCUT2D eigenvalue weighted by molar-refractivity contribution is -0.117. The molecule has 2 aliphatic rings. The SMILES string of the molecule is [C-]#[N+]c1ccc2c(c1)[C@H](Nc1cccc(CO[Si](C)(C)C(C)(C)C)c1)[C@@H](C)[C@H](C1CC1)N2C(C)=O. The minimum Gasteiger partial charge on any atom is -0.413 e. The van der Waals surface area contributed by atoms with Crippen molar-refractivity contribution >= 4 is 31.3 Å². The second-order valence-corrected chi connectivity index (χ2v) is 16.6. The zero-order valence-corrected chi connectivity index (χ0v) is 23.2. The highest BCUT2D eigenvalue weighted by molar-refractivity contribution is 6.74. The van der Waals surface area contributed by atoms with Crippen molar-refractivity contribution in [3.8, 4) is 0 Å². The van der Waals surface area contributed by atoms with Gasteiger partial charge >= 0.3 is 0 Å². The van der Waals surface area contributed by atoms with E-state index in [1.54, 1.807) is 6.92 Å². The molecule has 0 aromatic heterocycles. The molecule has 3 atom stereocenters. The van der Waals surface area contributed by atoms with Gasteiger partial charge in [-0.1, -0.05) is 45.9 Å². The van der Waals surface area contributed by atoms with Crippen molar-refractivity contribution in [1.29, 1.82) is 0 Å². The fraction of sp³-hybridized carbons (Fsp3) is 0.517. The number of rotatable bonds is 6. The van der Waals surface area contributed by atoms with Gasteiger partial charge in [-0.3, -0.25) is 4.79 Å². The lowest BCUT2D eigenvalue weighted by atomic mass is 9.79. The molecule has 1 aliphatic heterocycles. The lowest BCUT2D eigenvalue weighted by Gasteiger charge is -2.46. The van der Waals surface area contributed by atoms with Crippen LogP contribution in [0.2, 0.25) is 18.1 Å². The molecule has 0 spiro atoms. The number of carbonyl (C=O) groups excluding carboxylic acids is 1. The Morgan fingerprint density at radius 2 is 1.91 bits per heavy atom. The highest BCUT2D eigenvalue weighted by Gasteiger charge is 2.47. The van der Waals surface area contributed by atoms with Gasteiger partial charge in [0.05, 0.1) is 19.2 Å². The molecule has 0 saturated heterocycles. The summed E-state index contributed by atoms with van der Waals surface area (Å²) in [7, 11) is -1.84. The molecule has 186 valence electrons. The highest BCUT2D eigenvalue weighted by Crippen LogP contribution is 2.50. The molecule has 5 nitrogen and oxygen atoms in total. The molecule has 1 aliphatic carbocycles. The number of amides is 1. The van der Waals surface area contributed by atoms with E-state index in [1.165, 1.54) is 12.8 Å². The summed E-state index contributed by atoms with van der Waals surface area (Å²) in [5, 5.41) is 3.96. The number of nitrogens with one attached hydrogen (secondary N) is 1. The third-order valence-corrected chi connectivity index (χ3v) is 12.7. The van der Waals surface area contributed by atoms with Gasteiger partial charge in [-0.2, -0.15) is 0 Å². The van der Waals surface area contributed by atoms with Gasteiger partial charge in [0.1, 0.15) is 0 Å². The van der Waals surface area contributed by atoms with Crippen LogP contribution in [0.4, 0.5) is 17.1 Å². The van der Waals surface area contributed by atoms with Crippen molar-refractivity contribution in [3.63, 3.8) is 0 Å². The quantitative estimate of drug-likeness (QED) is 0.334. The predicted octanol–water partition coefficient (Wildman–Crippen LogP) is 7.69. The van der Waals surface area contributed by atoms with Crippen LogP contribution in [0.1, 0.15) is 64.6 Å². The number of hydrogen-bond acceptors (Lipinski definition) is 3. The number of carbonyl (C=O) groups is 1. The largest absolute Gasteiger partial charge is 0.413 e. The molecule has 2 aromatic carbocycles. The molecule has 0 bridgehead atoms. The van der Waals surface area contributed by atoms with E-state index >= 15 is 0 Å². The number of hydrogen-bond donors (Lipinski definition) is 1. The van der Waals surface area contributed by atoms with E-state index in [2.05, 4.69) is 75.2 Å². The molecule has 1 amide bonds. The van der Waals surface area contributed by atoms with E-state index in [-0.39, 0.29) is 28.9 Å². The first kappa shape index (κ1) is 25.5. The van der Waals surface area contributed by atoms with Crippen molar-refractivity contribution in [2.45, 2.75) is 84.3 Å². The predicted molar refractivity (Wildman–Crippen MR) is 146 cm³/mol. The molecular weight excluding hydrogens is 450 g/mol. The second kappa shape index (κ2) is 9.44. The topological polar surface area (TPSA) is 45.9 Å². The van der Waals surface area contributed by atoms with E-state index in [1.807, 2.05) is 23.1 Å². The van der Waals surface area contributed by atoms with Crippen molar-refractivity contribution in [2.75, 3.05) is 10.2 Å². The van der Waals surface area contributed by atoms with Gasteiger partial charge in [-0.25, -0.2) is 4.85 Å². The average molecular weight is 490 g/mol. The fourth-order valence-electron chi connectivity index (χ4n) is 5.03. The maximum absolute atomic E-state index is 12.8. The molecule has 1 heterocycles. The van der Waals surface area contributed by atoms with Gasteiger partial charge in [-0.15, -0.1) is 0 Å². The smallest absolute Gasteiger partial charge is 0.224 e. The van der Waals surface area contributed by atoms with Crippen molar-refractivity contribution in [1.82, 2.24) is 0 Å². The summed E-state index contributed by atoms with van der Waals surface area (Å²) < 4.78 is 6.46. The zero-order chi connectivity index (χ0) is 25.5. The van der Waals surface area contributed by atoms with Gasteiger partial charge in [0, 0.05) is 30.3 Å². The molecule has 2 aromatic rings. The first-order valence-corrected chi connectivity index (χ1v) is 15.6. The summed E-state index contributed by atoms with van der Waals surface area (Å²) in [5.41, 5.74) is 4.77. The maximum atomic E-state index is 12.8. The highest BCUT2D eigenvalue weighted by atomic mass is 28.4. The molecule has 0 unspecified atom stereocenters. The normalized spacial score (nSPS) is 22.3. The molecule has 1 saturated carbocycles. The second-order valence-electron chi connectivity index (χ2n) is 11.8. The maximum Gasteiger partial charge on any atom is 0.224 e. The minimum absolute atomic E-state index is 0.0180. The summed E-state index contributed by atoms with van der Waals surface area (Å²) in [6.45, 7) is 23.4. The van der Waals surface area contributed by atoms with Crippen LogP contribution in [0.5, 0.6) is 0 Å². The van der Waals surface area contributed by atoms with Gasteiger partial charge in [0.2, 0.25) is 5.91 Å². The summed E-state index contributed by atoms with van der Waals surface area (Å²) in [4.78, 5) is 18.4. The molecular formula is C29H39N3O2Si. The van der Waals surface area contributed by atoms with E-state index in [9.17, 15) is 4.79 Å². The minimum atomic E-state index is -1.84. The number of benzene rings is 2. The van der Waals surface area contributed by atoms with E-state index < -0.39 is 8.32 Å². The fourth-order valence-corrected chi connectivity index (χ4v) is 5.99. The molecule has 0 radical (unpaired) electrons. The van der Waals surface area contributed by atoms with Gasteiger partial charge in [0.15, 0.2) is 14.0 Å². The summed E-state index contributed by atoms with van der Waals surface area (Å²) in [6.07, 6.45) is 2.34. The Morgan fingerprint density at radius 1 is 1.20 bits per heavy atom. The first-order chi connectivity index (χ1) is 16.4. The molecule has 1 fully saturated rings. The van der Waals surface area contributed by atoms with Gasteiger partial charge in [0.25, 0.3) is 0 Å². The van der Waals surface area contributed by atoms with Crippen LogP contribution in [0.3, 0.4) is 0 Å². The molecule has 6 heteroatoms. The molecule has 35 heavy (non-hydrogen) atoms. The molecule has 4 rings (SSSR count). The summed E-state index contributed by atoms with van der Waals surface area (Å²) in [5.74, 6) is 0.831. The molecule has 1 N–H and O–H groups in total. The van der Waals surface area contributed by atoms with Crippen LogP contribution in [-0.4, -0.2) is 20.3 Å². The van der Waals surface area contributed by atoms with E-state index in [0.29, 0.717) is 18.2 Å². The van der Waals surface area contributed by atoms with Crippen LogP contribution < -0.4 is 10.2 Å². The number of fused-ring (bicyclic) bond motifs is 1. The Labute approximate surface area is 211 Å². The van der Waals surface area contributed by atoms with E-state index in [0.717, 1.165) is 22.5 Å². The number of nitrogens with zero attached hydrogens (tertiary/aromatic N) is 2. The Morgan fingerprint density at radius 3 is 2.51 bits per heavy atom. The van der Waals surface area contributed by atoms with Crippen LogP contribution in [-0.2, 0) is 15.8 Å². The van der Waals surface area contributed by atoms with Crippen molar-refractivity contribution in [2.24, 2.45) is 11.8 Å². The van der Waals surface area contributed by atoms with Crippen LogP contribution >= 0.6 is 0 Å². The monoisotopic (exact) mass is 489 g/mol. The van der Waals surface area contributed by atoms with Crippen LogP contribution in [0, 0.1) is 18.4 Å². The van der Waals surface area contributed by atoms with Crippen LogP contribution in [0.15, 0.2) is 42.5 Å². The lowest BCUT2D eigenvalue weighted by Crippen LogP contribution is -2.51. The third-order valence-electron chi connectivity index (χ3n) is 8.20. The third kappa shape index (κ3) is 5.17. The average Bonchev–Trinajstić information content (AvgIpc) is 3.63. The standard InChI is InChI=1S/C29H39N3O2Si/c1-19-27(31-24-11-9-10-21(16-24)18-34-35(7,8)29(3,4)5)25-17-23(30-6)14-15-26(25)32(20(2)33)28(19)22-12-13-22/h9-11,14-17,19,22,27-28,31H,12-13,18H2,1-5,7-8H3/t19-,27-,28-/m1/s1. The Kier molecular flexibility index (Phi) is 6.87. The Hall–Kier alpha value is -2.62. The number of anilines is 2. The van der Waals surface area contributed by atoms with E-state index in [4.69, 9.17) is 11.0 Å². The zero-order valence-electron chi connectivity index (χ0n) is 22.2. The first-order valence-electron chi connectivity index (χ1n) is 12.7. The van der Waals surface area contributed by atoms with Gasteiger partial charge in [-0.05, 0) is 72.3 Å². The van der Waals surface area contributed by atoms with Crippen molar-refractivity contribution in [3.05, 3.63) is 65.0 Å². The summed E-state index contributed by atoms with van der Waals surface area (Å²) in [6, 6.07) is 14.4. The van der Waals surface area contributed by atoms with Gasteiger partial charge < -0.3 is 14.6 Å². The Bertz CT molecular complexity index is 1140. The summed E-state index contributed by atoms with van der Waals surface area (Å²) >= 11 is 0.